The number of oxazole rings is 1. The van der Waals surface area contributed by atoms with Crippen molar-refractivity contribution in [1.82, 2.24) is 24.3 Å². The van der Waals surface area contributed by atoms with Gasteiger partial charge in [0.15, 0.2) is 5.58 Å². The van der Waals surface area contributed by atoms with Crippen molar-refractivity contribution in [2.24, 2.45) is 5.73 Å². The van der Waals surface area contributed by atoms with E-state index in [1.54, 1.807) is 6.20 Å². The smallest absolute Gasteiger partial charge is 0.293 e. The van der Waals surface area contributed by atoms with Gasteiger partial charge in [0, 0.05) is 25.7 Å². The Hall–Kier alpha value is -3.20. The molecule has 1 aliphatic rings. The summed E-state index contributed by atoms with van der Waals surface area (Å²) in [5.74, 6) is 1.24. The number of nitrogens with zero attached hydrogens (tertiary/aromatic N) is 6. The van der Waals surface area contributed by atoms with Gasteiger partial charge in [-0.15, -0.1) is 0 Å². The summed E-state index contributed by atoms with van der Waals surface area (Å²) in [6.07, 6.45) is 3.68. The topological polar surface area (TPSA) is 108 Å². The fraction of sp³-hybridized carbons (Fsp3) is 0.429. The molecule has 0 radical (unpaired) electrons. The summed E-state index contributed by atoms with van der Waals surface area (Å²) in [4.78, 5) is 24.7. The van der Waals surface area contributed by atoms with Gasteiger partial charge in [-0.2, -0.15) is 5.10 Å². The highest BCUT2D eigenvalue weighted by molar-refractivity contribution is 5.77. The molecule has 0 amide bonds. The van der Waals surface area contributed by atoms with Gasteiger partial charge in [0.05, 0.1) is 6.20 Å². The molecule has 30 heavy (non-hydrogen) atoms. The van der Waals surface area contributed by atoms with Gasteiger partial charge in [0.2, 0.25) is 11.8 Å². The Morgan fingerprint density at radius 2 is 2.13 bits per heavy atom. The van der Waals surface area contributed by atoms with Gasteiger partial charge in [0.1, 0.15) is 23.1 Å². The molecule has 0 bridgehead atoms. The minimum Gasteiger partial charge on any atom is -0.439 e. The largest absolute Gasteiger partial charge is 0.439 e. The molecule has 0 aliphatic carbocycles. The van der Waals surface area contributed by atoms with E-state index in [4.69, 9.17) is 15.1 Å². The Labute approximate surface area is 173 Å². The predicted molar refractivity (Wildman–Crippen MR) is 115 cm³/mol. The lowest BCUT2D eigenvalue weighted by Crippen LogP contribution is -2.44. The van der Waals surface area contributed by atoms with Crippen LogP contribution in [0, 0.1) is 6.92 Å². The summed E-state index contributed by atoms with van der Waals surface area (Å²) in [7, 11) is 0. The average Bonchev–Trinajstić information content (AvgIpc) is 3.30. The van der Waals surface area contributed by atoms with Gasteiger partial charge in [-0.05, 0) is 44.4 Å². The Bertz CT molecular complexity index is 1290. The monoisotopic (exact) mass is 407 g/mol. The van der Waals surface area contributed by atoms with Crippen molar-refractivity contribution in [2.45, 2.75) is 45.8 Å². The fourth-order valence-corrected chi connectivity index (χ4v) is 4.20. The van der Waals surface area contributed by atoms with Crippen LogP contribution < -0.4 is 16.2 Å². The molecular weight excluding hydrogens is 382 g/mol. The zero-order valence-electron chi connectivity index (χ0n) is 17.2. The summed E-state index contributed by atoms with van der Waals surface area (Å²) < 4.78 is 9.16. The first-order valence-electron chi connectivity index (χ1n) is 10.4. The molecule has 0 saturated carbocycles. The maximum absolute atomic E-state index is 13.3. The van der Waals surface area contributed by atoms with Crippen LogP contribution in [0.5, 0.6) is 0 Å². The maximum Gasteiger partial charge on any atom is 0.293 e. The van der Waals surface area contributed by atoms with E-state index in [-0.39, 0.29) is 18.1 Å². The molecule has 4 aromatic rings. The van der Waals surface area contributed by atoms with Crippen molar-refractivity contribution in [3.63, 3.8) is 0 Å². The van der Waals surface area contributed by atoms with E-state index in [1.807, 2.05) is 36.6 Å². The first-order valence-corrected chi connectivity index (χ1v) is 10.4. The number of hydrogen-bond donors (Lipinski definition) is 1. The van der Waals surface area contributed by atoms with Crippen molar-refractivity contribution >= 4 is 28.1 Å². The first-order chi connectivity index (χ1) is 14.5. The molecule has 5 rings (SSSR count). The first kappa shape index (κ1) is 18.8. The van der Waals surface area contributed by atoms with Crippen molar-refractivity contribution in [1.29, 1.82) is 0 Å². The molecular formula is C21H25N7O2. The van der Waals surface area contributed by atoms with E-state index in [1.165, 1.54) is 4.68 Å². The van der Waals surface area contributed by atoms with Gasteiger partial charge in [-0.3, -0.25) is 4.79 Å². The number of nitrogens with two attached hydrogens (primary N) is 1. The quantitative estimate of drug-likeness (QED) is 0.551. The van der Waals surface area contributed by atoms with Crippen molar-refractivity contribution in [3.8, 4) is 0 Å². The molecule has 9 nitrogen and oxygen atoms in total. The molecule has 2 N–H and O–H groups in total. The second-order valence-corrected chi connectivity index (χ2v) is 7.92. The zero-order valence-corrected chi connectivity index (χ0v) is 17.2. The highest BCUT2D eigenvalue weighted by atomic mass is 16.3. The van der Waals surface area contributed by atoms with Crippen LogP contribution in [0.15, 0.2) is 33.6 Å². The Balaban J connectivity index is 1.55. The minimum absolute atomic E-state index is 0.126. The summed E-state index contributed by atoms with van der Waals surface area (Å²) in [6, 6.07) is 5.95. The SMILES string of the molecule is CCn1c(N2CCC[C@@H](N)C2)nc2cnn(Cc3nc4cc(C)ccc4o3)c(=O)c21. The lowest BCUT2D eigenvalue weighted by Gasteiger charge is -2.31. The summed E-state index contributed by atoms with van der Waals surface area (Å²) in [5, 5.41) is 4.32. The van der Waals surface area contributed by atoms with Gasteiger partial charge in [-0.1, -0.05) is 6.07 Å². The molecule has 1 fully saturated rings. The van der Waals surface area contributed by atoms with Crippen LogP contribution in [0.25, 0.3) is 22.1 Å². The van der Waals surface area contributed by atoms with Crippen LogP contribution in [0.1, 0.15) is 31.2 Å². The Kier molecular flexibility index (Phi) is 4.54. The molecule has 0 spiro atoms. The zero-order chi connectivity index (χ0) is 20.8. The van der Waals surface area contributed by atoms with Gasteiger partial charge < -0.3 is 19.6 Å². The average molecular weight is 407 g/mol. The number of benzene rings is 1. The van der Waals surface area contributed by atoms with E-state index >= 15 is 0 Å². The second kappa shape index (κ2) is 7.24. The lowest BCUT2D eigenvalue weighted by molar-refractivity contribution is 0.482. The molecule has 0 unspecified atom stereocenters. The molecule has 3 aromatic heterocycles. The minimum atomic E-state index is -0.201. The Morgan fingerprint density at radius 1 is 1.27 bits per heavy atom. The highest BCUT2D eigenvalue weighted by Gasteiger charge is 2.24. The van der Waals surface area contributed by atoms with E-state index in [0.29, 0.717) is 29.1 Å². The third-order valence-electron chi connectivity index (χ3n) is 5.66. The van der Waals surface area contributed by atoms with Crippen LogP contribution >= 0.6 is 0 Å². The number of rotatable bonds is 4. The molecule has 1 aliphatic heterocycles. The number of imidazole rings is 1. The van der Waals surface area contributed by atoms with E-state index in [9.17, 15) is 4.79 Å². The normalized spacial score (nSPS) is 17.3. The standard InChI is InChI=1S/C21H25N7O2/c1-3-27-19-16(25-21(27)26-8-4-5-14(22)11-26)10-23-28(20(19)29)12-18-24-15-9-13(2)6-7-17(15)30-18/h6-7,9-10,14H,3-5,8,11-12,22H2,1-2H3/t14-/m1/s1. The third-order valence-corrected chi connectivity index (χ3v) is 5.66. The summed E-state index contributed by atoms with van der Waals surface area (Å²) in [6.45, 7) is 6.46. The molecule has 1 saturated heterocycles. The van der Waals surface area contributed by atoms with E-state index in [2.05, 4.69) is 15.0 Å². The van der Waals surface area contributed by atoms with Crippen LogP contribution in [-0.4, -0.2) is 43.4 Å². The summed E-state index contributed by atoms with van der Waals surface area (Å²) in [5.41, 5.74) is 9.69. The van der Waals surface area contributed by atoms with Crippen LogP contribution in [-0.2, 0) is 13.1 Å². The van der Waals surface area contributed by atoms with Crippen molar-refractivity contribution in [2.75, 3.05) is 18.0 Å². The van der Waals surface area contributed by atoms with Crippen LogP contribution in [0.2, 0.25) is 0 Å². The van der Waals surface area contributed by atoms with Crippen LogP contribution in [0.3, 0.4) is 0 Å². The molecule has 4 heterocycles. The van der Waals surface area contributed by atoms with E-state index in [0.717, 1.165) is 43.0 Å². The third kappa shape index (κ3) is 3.15. The summed E-state index contributed by atoms with van der Waals surface area (Å²) >= 11 is 0. The predicted octanol–water partition coefficient (Wildman–Crippen LogP) is 2.04. The number of piperidine rings is 1. The van der Waals surface area contributed by atoms with Gasteiger partial charge in [-0.25, -0.2) is 14.6 Å². The number of anilines is 1. The lowest BCUT2D eigenvalue weighted by atomic mass is 10.1. The molecule has 1 aromatic carbocycles. The molecule has 9 heteroatoms. The van der Waals surface area contributed by atoms with Gasteiger partial charge >= 0.3 is 0 Å². The van der Waals surface area contributed by atoms with Crippen molar-refractivity contribution < 1.29 is 4.42 Å². The number of aromatic nitrogens is 5. The second-order valence-electron chi connectivity index (χ2n) is 7.92. The van der Waals surface area contributed by atoms with E-state index < -0.39 is 0 Å². The Morgan fingerprint density at radius 3 is 2.93 bits per heavy atom. The maximum atomic E-state index is 13.3. The number of aryl methyl sites for hydroxylation is 2. The van der Waals surface area contributed by atoms with Crippen LogP contribution in [0.4, 0.5) is 5.95 Å². The molecule has 1 atom stereocenters. The van der Waals surface area contributed by atoms with Crippen molar-refractivity contribution in [3.05, 3.63) is 46.2 Å². The highest BCUT2D eigenvalue weighted by Crippen LogP contribution is 2.23. The number of hydrogen-bond acceptors (Lipinski definition) is 7. The number of fused-ring (bicyclic) bond motifs is 2. The fourth-order valence-electron chi connectivity index (χ4n) is 4.20. The van der Waals surface area contributed by atoms with Gasteiger partial charge in [0.25, 0.3) is 5.56 Å². The molecule has 156 valence electrons.